The van der Waals surface area contributed by atoms with Crippen LogP contribution >= 0.6 is 11.6 Å². The fraction of sp³-hybridized carbons (Fsp3) is 0.438. The fourth-order valence-electron chi connectivity index (χ4n) is 5.45. The number of amides is 2. The minimum atomic E-state index is -0.400. The van der Waals surface area contributed by atoms with Crippen LogP contribution in [0.4, 0.5) is 4.79 Å². The maximum absolute atomic E-state index is 13.9. The molecule has 0 spiro atoms. The van der Waals surface area contributed by atoms with E-state index in [1.807, 2.05) is 87.3 Å². The van der Waals surface area contributed by atoms with Gasteiger partial charge < -0.3 is 19.3 Å². The summed E-state index contributed by atoms with van der Waals surface area (Å²) in [4.78, 5) is 30.1. The molecule has 0 aromatic heterocycles. The van der Waals surface area contributed by atoms with E-state index in [1.165, 1.54) is 0 Å². The van der Waals surface area contributed by atoms with Crippen molar-refractivity contribution in [3.05, 3.63) is 76.8 Å². The second-order valence-corrected chi connectivity index (χ2v) is 11.5. The summed E-state index contributed by atoms with van der Waals surface area (Å²) in [7, 11) is 3.51. The van der Waals surface area contributed by atoms with Crippen LogP contribution in [0.3, 0.4) is 0 Å². The van der Waals surface area contributed by atoms with Gasteiger partial charge in [0.05, 0.1) is 19.8 Å². The summed E-state index contributed by atoms with van der Waals surface area (Å²) in [5.74, 6) is 1.11. The van der Waals surface area contributed by atoms with Gasteiger partial charge in [-0.25, -0.2) is 4.79 Å². The second kappa shape index (κ2) is 12.3. The van der Waals surface area contributed by atoms with Crippen molar-refractivity contribution in [2.45, 2.75) is 51.5 Å². The zero-order chi connectivity index (χ0) is 28.2. The molecule has 39 heavy (non-hydrogen) atoms. The first-order chi connectivity index (χ1) is 18.6. The Balaban J connectivity index is 1.57. The monoisotopic (exact) mass is 550 g/mol. The van der Waals surface area contributed by atoms with Crippen LogP contribution in [-0.2, 0) is 14.9 Å². The van der Waals surface area contributed by atoms with Crippen LogP contribution in [0.25, 0.3) is 10.8 Å². The van der Waals surface area contributed by atoms with E-state index >= 15 is 0 Å². The predicted molar refractivity (Wildman–Crippen MR) is 156 cm³/mol. The molecule has 0 N–H and O–H groups in total. The molecule has 0 aliphatic carbocycles. The van der Waals surface area contributed by atoms with Crippen molar-refractivity contribution in [3.8, 4) is 5.75 Å². The molecule has 1 heterocycles. The van der Waals surface area contributed by atoms with Gasteiger partial charge in [-0.05, 0) is 71.8 Å². The molecule has 208 valence electrons. The molecule has 1 fully saturated rings. The lowest BCUT2D eigenvalue weighted by atomic mass is 9.70. The minimum absolute atomic E-state index is 0.0539. The Kier molecular flexibility index (Phi) is 9.06. The quantitative estimate of drug-likeness (QED) is 0.296. The Morgan fingerprint density at radius 3 is 2.33 bits per heavy atom. The number of nitrogens with zero attached hydrogens (tertiary/aromatic N) is 2. The molecule has 1 unspecified atom stereocenters. The molecule has 2 amide bonds. The van der Waals surface area contributed by atoms with E-state index in [9.17, 15) is 9.59 Å². The third-order valence-electron chi connectivity index (χ3n) is 7.99. The molecular formula is C32H39ClN2O4. The first-order valence-electron chi connectivity index (χ1n) is 13.6. The van der Waals surface area contributed by atoms with Gasteiger partial charge in [0.15, 0.2) is 0 Å². The number of likely N-dealkylation sites (tertiary alicyclic amines) is 1. The van der Waals surface area contributed by atoms with Gasteiger partial charge >= 0.3 is 6.09 Å². The Morgan fingerprint density at radius 1 is 1.03 bits per heavy atom. The van der Waals surface area contributed by atoms with E-state index in [2.05, 4.69) is 6.07 Å². The van der Waals surface area contributed by atoms with Crippen molar-refractivity contribution >= 4 is 34.4 Å². The third-order valence-corrected chi connectivity index (χ3v) is 8.21. The summed E-state index contributed by atoms with van der Waals surface area (Å²) in [6, 6.07) is 19.8. The lowest BCUT2D eigenvalue weighted by Gasteiger charge is -2.42. The zero-order valence-electron chi connectivity index (χ0n) is 23.6. The summed E-state index contributed by atoms with van der Waals surface area (Å²) in [6.45, 7) is 7.56. The van der Waals surface area contributed by atoms with Crippen LogP contribution < -0.4 is 4.74 Å². The standard InChI is InChI=1S/C32H39ClN2O4/c1-22(2)21-39-31(37)35-16-14-32(15-17-35,25-10-12-27(38-5)13-11-25)20-30(36)34(4)23(3)29-19-26(33)18-24-8-6-7-9-28(24)29/h6-13,18-19,22-23H,14-17,20-21H2,1-5H3. The molecule has 0 saturated carbocycles. The third kappa shape index (κ3) is 6.50. The Labute approximate surface area is 236 Å². The molecule has 7 heteroatoms. The van der Waals surface area contributed by atoms with Gasteiger partial charge in [0.1, 0.15) is 5.75 Å². The summed E-state index contributed by atoms with van der Waals surface area (Å²) in [6.07, 6.45) is 1.40. The number of carbonyl (C=O) groups is 2. The van der Waals surface area contributed by atoms with Crippen molar-refractivity contribution in [2.75, 3.05) is 33.9 Å². The maximum atomic E-state index is 13.9. The van der Waals surface area contributed by atoms with Crippen molar-refractivity contribution in [3.63, 3.8) is 0 Å². The number of halogens is 1. The average molecular weight is 551 g/mol. The molecule has 1 saturated heterocycles. The lowest BCUT2D eigenvalue weighted by molar-refractivity contribution is -0.133. The highest BCUT2D eigenvalue weighted by molar-refractivity contribution is 6.31. The molecule has 1 atom stereocenters. The number of carbonyl (C=O) groups excluding carboxylic acids is 2. The number of ether oxygens (including phenoxy) is 2. The van der Waals surface area contributed by atoms with Crippen LogP contribution in [0.1, 0.15) is 57.2 Å². The lowest BCUT2D eigenvalue weighted by Crippen LogP contribution is -2.47. The minimum Gasteiger partial charge on any atom is -0.497 e. The fourth-order valence-corrected chi connectivity index (χ4v) is 5.68. The van der Waals surface area contributed by atoms with E-state index < -0.39 is 5.41 Å². The highest BCUT2D eigenvalue weighted by atomic mass is 35.5. The SMILES string of the molecule is COc1ccc(C2(CC(=O)N(C)C(C)c3cc(Cl)cc4ccccc34)CCN(C(=O)OCC(C)C)CC2)cc1. The number of piperidine rings is 1. The summed E-state index contributed by atoms with van der Waals surface area (Å²) in [5, 5.41) is 2.80. The topological polar surface area (TPSA) is 59.1 Å². The smallest absolute Gasteiger partial charge is 0.409 e. The van der Waals surface area contributed by atoms with Crippen LogP contribution in [0.15, 0.2) is 60.7 Å². The zero-order valence-corrected chi connectivity index (χ0v) is 24.3. The Morgan fingerprint density at radius 2 is 1.69 bits per heavy atom. The van der Waals surface area contributed by atoms with Gasteiger partial charge in [-0.3, -0.25) is 4.79 Å². The number of rotatable bonds is 8. The molecule has 1 aliphatic heterocycles. The molecule has 0 radical (unpaired) electrons. The summed E-state index contributed by atoms with van der Waals surface area (Å²) < 4.78 is 10.8. The molecule has 3 aromatic rings. The number of hydrogen-bond acceptors (Lipinski definition) is 4. The van der Waals surface area contributed by atoms with Gasteiger partial charge in [-0.2, -0.15) is 0 Å². The molecule has 6 nitrogen and oxygen atoms in total. The van der Waals surface area contributed by atoms with E-state index in [1.54, 1.807) is 12.0 Å². The molecule has 3 aromatic carbocycles. The van der Waals surface area contributed by atoms with Gasteiger partial charge in [0, 0.05) is 37.0 Å². The van der Waals surface area contributed by atoms with Crippen LogP contribution in [-0.4, -0.2) is 55.7 Å². The highest BCUT2D eigenvalue weighted by Crippen LogP contribution is 2.41. The highest BCUT2D eigenvalue weighted by Gasteiger charge is 2.40. The van der Waals surface area contributed by atoms with Crippen molar-refractivity contribution in [1.82, 2.24) is 9.80 Å². The molecule has 1 aliphatic rings. The van der Waals surface area contributed by atoms with Crippen LogP contribution in [0, 0.1) is 5.92 Å². The van der Waals surface area contributed by atoms with Gasteiger partial charge in [0.2, 0.25) is 5.91 Å². The van der Waals surface area contributed by atoms with Gasteiger partial charge in [-0.1, -0.05) is 61.8 Å². The molecule has 0 bridgehead atoms. The van der Waals surface area contributed by atoms with Crippen LogP contribution in [0.2, 0.25) is 5.02 Å². The normalized spacial score (nSPS) is 15.7. The Bertz CT molecular complexity index is 1300. The number of fused-ring (bicyclic) bond motifs is 1. The first kappa shape index (κ1) is 28.8. The average Bonchev–Trinajstić information content (AvgIpc) is 2.95. The number of hydrogen-bond donors (Lipinski definition) is 0. The van der Waals surface area contributed by atoms with E-state index in [0.717, 1.165) is 27.6 Å². The van der Waals surface area contributed by atoms with Crippen LogP contribution in [0.5, 0.6) is 5.75 Å². The number of methoxy groups -OCH3 is 1. The second-order valence-electron chi connectivity index (χ2n) is 11.0. The first-order valence-corrected chi connectivity index (χ1v) is 14.0. The van der Waals surface area contributed by atoms with Crippen molar-refractivity contribution in [1.29, 1.82) is 0 Å². The molecule has 4 rings (SSSR count). The summed E-state index contributed by atoms with van der Waals surface area (Å²) >= 11 is 6.46. The van der Waals surface area contributed by atoms with Gasteiger partial charge in [0.25, 0.3) is 0 Å². The van der Waals surface area contributed by atoms with Crippen molar-refractivity contribution in [2.24, 2.45) is 5.92 Å². The summed E-state index contributed by atoms with van der Waals surface area (Å²) in [5.41, 5.74) is 1.71. The van der Waals surface area contributed by atoms with E-state index in [0.29, 0.717) is 44.0 Å². The van der Waals surface area contributed by atoms with E-state index in [-0.39, 0.29) is 24.0 Å². The predicted octanol–water partition coefficient (Wildman–Crippen LogP) is 7.24. The van der Waals surface area contributed by atoms with E-state index in [4.69, 9.17) is 21.1 Å². The maximum Gasteiger partial charge on any atom is 0.409 e. The Hall–Kier alpha value is -3.25. The molecular weight excluding hydrogens is 512 g/mol. The van der Waals surface area contributed by atoms with Gasteiger partial charge in [-0.15, -0.1) is 0 Å². The largest absolute Gasteiger partial charge is 0.497 e. The van der Waals surface area contributed by atoms with Crippen molar-refractivity contribution < 1.29 is 19.1 Å². The number of benzene rings is 3.